The lowest BCUT2D eigenvalue weighted by Gasteiger charge is -2.32. The zero-order valence-corrected chi connectivity index (χ0v) is 73.9. The molecule has 9 aliphatic rings. The number of halogens is 18. The van der Waals surface area contributed by atoms with Gasteiger partial charge in [0, 0.05) is 44.0 Å². The van der Waals surface area contributed by atoms with Crippen LogP contribution in [0.4, 0.5) is 39.5 Å². The summed E-state index contributed by atoms with van der Waals surface area (Å²) in [6, 6.07) is 7.44. The van der Waals surface area contributed by atoms with Crippen LogP contribution in [-0.2, 0) is 97.0 Å². The quantitative estimate of drug-likeness (QED) is 0.0251. The molecule has 106 heavy (non-hydrogen) atoms. The number of amides is 3. The van der Waals surface area contributed by atoms with Crippen LogP contribution in [0.5, 0.6) is 0 Å². The fraction of sp³-hybridized carbons (Fsp3) is 0.527. The molecule has 0 spiro atoms. The topological polar surface area (TPSA) is 443 Å². The van der Waals surface area contributed by atoms with Crippen LogP contribution < -0.4 is 16.0 Å². The van der Waals surface area contributed by atoms with Gasteiger partial charge in [-0.25, -0.2) is 25.3 Å². The summed E-state index contributed by atoms with van der Waals surface area (Å²) in [7, 11) is -20.6. The Morgan fingerprint density at radius 1 is 0.462 bits per heavy atom. The highest BCUT2D eigenvalue weighted by Crippen LogP contribution is 2.60. The average molecular weight is 2600 g/mol. The Kier molecular flexibility index (Phi) is 26.5. The smallest absolute Gasteiger partial charge is 0.426 e. The van der Waals surface area contributed by atoms with Crippen LogP contribution in [0.25, 0.3) is 0 Å². The third kappa shape index (κ3) is 18.7. The van der Waals surface area contributed by atoms with Crippen molar-refractivity contribution >= 4 is 291 Å². The lowest BCUT2D eigenvalue weighted by atomic mass is 9.77. The van der Waals surface area contributed by atoms with Crippen LogP contribution in [0.1, 0.15) is 43.9 Å². The summed E-state index contributed by atoms with van der Waals surface area (Å²) in [5, 5.41) is 6.59. The first-order valence-electron chi connectivity index (χ1n) is 29.5. The van der Waals surface area contributed by atoms with Gasteiger partial charge in [-0.15, -0.1) is 0 Å². The number of hydrogen-bond acceptors (Lipinski definition) is 26. The number of benzene rings is 3. The van der Waals surface area contributed by atoms with Crippen molar-refractivity contribution in [3.63, 3.8) is 0 Å². The molecular formula is C55H40F9I9N3O26S4-3. The van der Waals surface area contributed by atoms with Gasteiger partial charge >= 0.3 is 48.4 Å². The maximum absolute atomic E-state index is 13.3. The zero-order chi connectivity index (χ0) is 79.0. The second-order valence-corrected chi connectivity index (χ2v) is 41.5. The van der Waals surface area contributed by atoms with E-state index in [1.54, 1.807) is 18.2 Å². The van der Waals surface area contributed by atoms with E-state index in [1.165, 1.54) is 0 Å². The molecule has 6 bridgehead atoms. The molecule has 5 saturated heterocycles. The summed E-state index contributed by atoms with van der Waals surface area (Å²) < 4.78 is 284. The lowest BCUT2D eigenvalue weighted by Crippen LogP contribution is -2.55. The Hall–Kier alpha value is -1.04. The van der Waals surface area contributed by atoms with E-state index in [0.29, 0.717) is 21.8 Å². The largest absolute Gasteiger partial charge is 0.748 e. The first-order chi connectivity index (χ1) is 48.6. The number of nitrogens with one attached hydrogen (secondary N) is 3. The molecule has 21 unspecified atom stereocenters. The van der Waals surface area contributed by atoms with Crippen LogP contribution in [0.3, 0.4) is 0 Å². The Balaban J connectivity index is 0.000000170. The molecule has 21 atom stereocenters. The van der Waals surface area contributed by atoms with Gasteiger partial charge in [-0.3, -0.25) is 42.5 Å². The predicted octanol–water partition coefficient (Wildman–Crippen LogP) is 5.96. The van der Waals surface area contributed by atoms with Gasteiger partial charge in [0.05, 0.1) is 106 Å². The normalized spacial score (nSPS) is 30.6. The van der Waals surface area contributed by atoms with Gasteiger partial charge in [-0.2, -0.15) is 47.9 Å². The van der Waals surface area contributed by atoms with Crippen molar-refractivity contribution in [3.8, 4) is 0 Å². The van der Waals surface area contributed by atoms with Gasteiger partial charge in [-0.05, 0) is 264 Å². The second kappa shape index (κ2) is 32.2. The molecule has 12 rings (SSSR count). The van der Waals surface area contributed by atoms with Gasteiger partial charge in [0.1, 0.15) is 35.4 Å². The minimum atomic E-state index is -5.44. The number of rotatable bonds is 18. The van der Waals surface area contributed by atoms with E-state index in [-0.39, 0.29) is 18.4 Å². The van der Waals surface area contributed by atoms with E-state index in [1.807, 2.05) is 199 Å². The standard InChI is InChI=1S/C19H15F3I3NO8S.C18H15F3I3NO9S2.C18H13F3I3NO9S/c20-19(21,22)10(4-35(30,31)32)33-17(28)11-6-3-7-12(11)18(29)34-15(7)14(6)26-16(27)8-1-5(23)2-9(24)13(8)25;19-18(20,21)10(4-35(28,29)30)33-17(27)11-6-3-8-14(34-36(31,32)15(8)11)13(6)25-16(26)7-1-5(22)2-9(23)12(7)24;19-18(20,21)7(3-35(29,30)31)32-16(27)8-9-13-14(34-17(9)28)11(12(8)33-13)25-15(26)5-1-4(22)2-6(23)10(5)24/h1-2,6-7,10-12,14-15H,3-4H2,(H,26,27)(H,30,31,32);1-2,6,8,10-11,13-15H,3-4H2,(H,25,26)(H,28,29,30);1-2,7-9,11-14H,3H2,(H,25,26)(H,29,30,31)/p-3. The molecule has 0 aromatic heterocycles. The van der Waals surface area contributed by atoms with Crippen LogP contribution in [0.15, 0.2) is 36.4 Å². The van der Waals surface area contributed by atoms with Gasteiger partial charge in [0.15, 0.2) is 6.10 Å². The first kappa shape index (κ1) is 87.3. The summed E-state index contributed by atoms with van der Waals surface area (Å²) in [4.78, 5) is 102. The highest BCUT2D eigenvalue weighted by Gasteiger charge is 2.74. The SMILES string of the molecule is O=C(NC1C2CC3C1OC(=O)C3C2C(=O)OC(CS(=O)(=O)[O-])C(F)(F)F)c1cc(I)cc(I)c1I.O=C(NC1C2CC3C1OS(=O)(=O)C3C2C(=O)OC(CS(=O)(=O)[O-])C(F)(F)F)c1cc(I)cc(I)c1I.O=C(NC1C2OC(=O)C3C2OC1C3C(=O)OC(CS(=O)(=O)[O-])C(F)(F)F)c1cc(I)cc(I)c1I. The molecule has 584 valence electrons. The molecule has 4 aliphatic carbocycles. The molecular weight excluding hydrogens is 2560 g/mol. The summed E-state index contributed by atoms with van der Waals surface area (Å²) in [5.41, 5.74) is 0.925. The minimum Gasteiger partial charge on any atom is -0.748 e. The fourth-order valence-corrected chi connectivity index (χ4v) is 25.7. The van der Waals surface area contributed by atoms with Crippen LogP contribution in [0.2, 0.25) is 0 Å². The summed E-state index contributed by atoms with van der Waals surface area (Å²) in [5.74, 6) is -24.1. The number of fused-ring (bicyclic) bond motifs is 3. The average Bonchev–Trinajstić information content (AvgIpc) is 1.55. The highest BCUT2D eigenvalue weighted by atomic mass is 127. The van der Waals surface area contributed by atoms with E-state index in [4.69, 9.17) is 18.4 Å². The Morgan fingerprint density at radius 2 is 0.802 bits per heavy atom. The van der Waals surface area contributed by atoms with Crippen molar-refractivity contribution in [3.05, 3.63) is 85.2 Å². The van der Waals surface area contributed by atoms with Gasteiger partial charge in [0.25, 0.3) is 27.8 Å². The minimum absolute atomic E-state index is 0.0523. The highest BCUT2D eigenvalue weighted by molar-refractivity contribution is 14.1. The summed E-state index contributed by atoms with van der Waals surface area (Å²) in [6.45, 7) is 0. The zero-order valence-electron chi connectivity index (χ0n) is 51.2. The van der Waals surface area contributed by atoms with Crippen LogP contribution >= 0.6 is 203 Å². The third-order valence-electron chi connectivity index (χ3n) is 18.5. The van der Waals surface area contributed by atoms with Crippen molar-refractivity contribution in [2.45, 2.75) is 104 Å². The van der Waals surface area contributed by atoms with Crippen molar-refractivity contribution in [2.24, 2.45) is 53.3 Å². The number of alkyl halides is 9. The molecule has 5 heterocycles. The maximum atomic E-state index is 13.3. The second-order valence-electron chi connectivity index (χ2n) is 25.0. The van der Waals surface area contributed by atoms with Gasteiger partial charge < -0.3 is 58.0 Å². The fourth-order valence-electron chi connectivity index (χ4n) is 14.6. The molecule has 3 N–H and O–H groups in total. The molecule has 0 radical (unpaired) electrons. The number of carbonyl (C=O) groups is 8. The first-order valence-corrected chi connectivity index (χ1v) is 45.5. The van der Waals surface area contributed by atoms with E-state index < -0.39 is 249 Å². The molecule has 5 aliphatic heterocycles. The molecule has 3 aromatic carbocycles. The lowest BCUT2D eigenvalue weighted by molar-refractivity contribution is -0.219. The van der Waals surface area contributed by atoms with Crippen LogP contribution in [0, 0.1) is 85.4 Å². The van der Waals surface area contributed by atoms with Crippen molar-refractivity contribution in [2.75, 3.05) is 17.3 Å². The van der Waals surface area contributed by atoms with Gasteiger partial charge in [-0.1, -0.05) is 0 Å². The molecule has 29 nitrogen and oxygen atoms in total. The van der Waals surface area contributed by atoms with E-state index in [2.05, 4.69) is 52.8 Å². The molecule has 3 aromatic rings. The number of hydrogen-bond donors (Lipinski definition) is 3. The van der Waals surface area contributed by atoms with E-state index in [9.17, 15) is 125 Å². The Morgan fingerprint density at radius 3 is 1.20 bits per heavy atom. The van der Waals surface area contributed by atoms with Crippen molar-refractivity contribution in [1.82, 2.24) is 16.0 Å². The number of esters is 5. The molecule has 3 amide bonds. The van der Waals surface area contributed by atoms with Crippen molar-refractivity contribution in [1.29, 1.82) is 0 Å². The summed E-state index contributed by atoms with van der Waals surface area (Å²) >= 11 is 18.2. The van der Waals surface area contributed by atoms with Gasteiger partial charge in [0.2, 0.25) is 18.3 Å². The Bertz CT molecular complexity index is 4490. The number of carbonyl (C=O) groups excluding carboxylic acids is 8. The van der Waals surface area contributed by atoms with E-state index >= 15 is 0 Å². The summed E-state index contributed by atoms with van der Waals surface area (Å²) in [6.07, 6.45) is -30.4. The molecule has 51 heteroatoms. The molecule has 9 fully saturated rings. The van der Waals surface area contributed by atoms with Crippen molar-refractivity contribution < 1.29 is 158 Å². The monoisotopic (exact) mass is 2600 g/mol. The predicted molar refractivity (Wildman–Crippen MR) is 406 cm³/mol. The number of ether oxygens (including phenoxy) is 6. The van der Waals surface area contributed by atoms with Crippen LogP contribution in [-0.4, -0.2) is 203 Å². The third-order valence-corrected chi connectivity index (χ3v) is 33.5. The molecule has 4 saturated carbocycles. The maximum Gasteiger partial charge on any atom is 0.426 e. The Labute approximate surface area is 714 Å². The van der Waals surface area contributed by atoms with E-state index in [0.717, 1.165) is 21.4 Å².